The van der Waals surface area contributed by atoms with Crippen LogP contribution in [-0.4, -0.2) is 37.1 Å². The van der Waals surface area contributed by atoms with Crippen LogP contribution in [0.15, 0.2) is 48.5 Å². The van der Waals surface area contributed by atoms with Gasteiger partial charge in [-0.25, -0.2) is 0 Å². The van der Waals surface area contributed by atoms with E-state index in [0.717, 1.165) is 28.0 Å². The summed E-state index contributed by atoms with van der Waals surface area (Å²) in [7, 11) is 5.06. The molecule has 0 radical (unpaired) electrons. The second-order valence-electron chi connectivity index (χ2n) is 5.97. The van der Waals surface area contributed by atoms with E-state index in [1.165, 1.54) is 0 Å². The highest BCUT2D eigenvalue weighted by Crippen LogP contribution is 2.29. The molecule has 3 rings (SSSR count). The van der Waals surface area contributed by atoms with Gasteiger partial charge in [-0.15, -0.1) is 0 Å². The molecule has 3 aromatic rings. The topological polar surface area (TPSA) is 54.6 Å². The number of H-pyrrole nitrogens is 1. The highest BCUT2D eigenvalue weighted by atomic mass is 16.5. The molecule has 2 aromatic carbocycles. The van der Waals surface area contributed by atoms with E-state index >= 15 is 0 Å². The van der Waals surface area contributed by atoms with Crippen LogP contribution in [-0.2, 0) is 0 Å². The third kappa shape index (κ3) is 3.18. The van der Waals surface area contributed by atoms with Gasteiger partial charge in [0.2, 0.25) is 0 Å². The summed E-state index contributed by atoms with van der Waals surface area (Å²) in [6.45, 7) is 1.99. The number of nitrogens with one attached hydrogen (secondary N) is 1. The number of hydrogen-bond acceptors (Lipinski definition) is 3. The fourth-order valence-electron chi connectivity index (χ4n) is 2.93. The van der Waals surface area contributed by atoms with E-state index in [9.17, 15) is 4.79 Å². The number of aromatic nitrogens is 1. The van der Waals surface area contributed by atoms with E-state index in [1.54, 1.807) is 26.2 Å². The number of nitrogens with zero attached hydrogens (tertiary/aromatic N) is 1. The lowest BCUT2D eigenvalue weighted by Crippen LogP contribution is -2.30. The zero-order valence-electron chi connectivity index (χ0n) is 14.9. The number of para-hydroxylation sites is 1. The van der Waals surface area contributed by atoms with Crippen LogP contribution in [0.2, 0.25) is 0 Å². The maximum absolute atomic E-state index is 12.9. The second-order valence-corrected chi connectivity index (χ2v) is 5.97. The van der Waals surface area contributed by atoms with Crippen molar-refractivity contribution in [3.8, 4) is 11.5 Å². The molecule has 1 unspecified atom stereocenters. The number of methoxy groups -OCH3 is 2. The van der Waals surface area contributed by atoms with Crippen LogP contribution in [0.25, 0.3) is 10.9 Å². The molecule has 1 aromatic heterocycles. The Morgan fingerprint density at radius 2 is 1.84 bits per heavy atom. The summed E-state index contributed by atoms with van der Waals surface area (Å²) in [5, 5.41) is 0.975. The van der Waals surface area contributed by atoms with Gasteiger partial charge >= 0.3 is 0 Å². The van der Waals surface area contributed by atoms with Crippen LogP contribution in [0.5, 0.6) is 11.5 Å². The number of carbonyl (C=O) groups excluding carboxylic acids is 1. The molecule has 1 heterocycles. The molecule has 0 saturated heterocycles. The normalized spacial score (nSPS) is 12.0. The Kier molecular flexibility index (Phi) is 4.65. The number of fused-ring (bicyclic) bond motifs is 1. The highest BCUT2D eigenvalue weighted by molar-refractivity contribution is 5.98. The maximum Gasteiger partial charge on any atom is 0.270 e. The van der Waals surface area contributed by atoms with Crippen LogP contribution in [0, 0.1) is 0 Å². The van der Waals surface area contributed by atoms with Gasteiger partial charge in [-0.3, -0.25) is 4.79 Å². The first-order valence-corrected chi connectivity index (χ1v) is 8.12. The summed E-state index contributed by atoms with van der Waals surface area (Å²) in [6.07, 6.45) is 0. The molecule has 1 amide bonds. The number of aromatic amines is 1. The Labute approximate surface area is 147 Å². The Bertz CT molecular complexity index is 901. The molecule has 130 valence electrons. The zero-order valence-corrected chi connectivity index (χ0v) is 14.9. The van der Waals surface area contributed by atoms with Gasteiger partial charge < -0.3 is 19.4 Å². The van der Waals surface area contributed by atoms with Crippen molar-refractivity contribution in [1.82, 2.24) is 9.88 Å². The van der Waals surface area contributed by atoms with Gasteiger partial charge in [0.25, 0.3) is 5.91 Å². The summed E-state index contributed by atoms with van der Waals surface area (Å²) in [5.41, 5.74) is 2.40. The molecule has 0 bridgehead atoms. The Hall–Kier alpha value is -2.95. The molecule has 1 N–H and O–H groups in total. The number of benzene rings is 2. The van der Waals surface area contributed by atoms with E-state index < -0.39 is 0 Å². The molecule has 0 aliphatic heterocycles. The predicted molar refractivity (Wildman–Crippen MR) is 98.4 cm³/mol. The summed E-state index contributed by atoms with van der Waals surface area (Å²) in [5.74, 6) is 1.45. The molecule has 0 aliphatic rings. The van der Waals surface area contributed by atoms with Gasteiger partial charge in [-0.05, 0) is 31.2 Å². The van der Waals surface area contributed by atoms with Gasteiger partial charge in [-0.2, -0.15) is 0 Å². The van der Waals surface area contributed by atoms with E-state index in [2.05, 4.69) is 4.98 Å². The van der Waals surface area contributed by atoms with Crippen molar-refractivity contribution in [2.45, 2.75) is 13.0 Å². The molecule has 0 fully saturated rings. The molecule has 0 saturated carbocycles. The number of carbonyl (C=O) groups is 1. The number of amides is 1. The lowest BCUT2D eigenvalue weighted by Gasteiger charge is -2.26. The first kappa shape index (κ1) is 16.9. The lowest BCUT2D eigenvalue weighted by molar-refractivity contribution is 0.0736. The lowest BCUT2D eigenvalue weighted by atomic mass is 10.1. The fourth-order valence-corrected chi connectivity index (χ4v) is 2.93. The van der Waals surface area contributed by atoms with Gasteiger partial charge in [0, 0.05) is 29.6 Å². The number of hydrogen-bond donors (Lipinski definition) is 1. The smallest absolute Gasteiger partial charge is 0.270 e. The number of rotatable bonds is 5. The third-order valence-electron chi connectivity index (χ3n) is 4.55. The van der Waals surface area contributed by atoms with Crippen molar-refractivity contribution in [3.63, 3.8) is 0 Å². The van der Waals surface area contributed by atoms with Crippen molar-refractivity contribution in [2.24, 2.45) is 0 Å². The van der Waals surface area contributed by atoms with Crippen LogP contribution in [0.1, 0.15) is 29.0 Å². The van der Waals surface area contributed by atoms with Gasteiger partial charge in [0.15, 0.2) is 0 Å². The fraction of sp³-hybridized carbons (Fsp3) is 0.250. The van der Waals surface area contributed by atoms with Crippen molar-refractivity contribution >= 4 is 16.8 Å². The molecule has 25 heavy (non-hydrogen) atoms. The van der Waals surface area contributed by atoms with Crippen LogP contribution < -0.4 is 9.47 Å². The van der Waals surface area contributed by atoms with Gasteiger partial charge in [0.05, 0.1) is 20.3 Å². The van der Waals surface area contributed by atoms with E-state index in [4.69, 9.17) is 9.47 Å². The second kappa shape index (κ2) is 6.89. The quantitative estimate of drug-likeness (QED) is 0.764. The molecule has 0 aliphatic carbocycles. The maximum atomic E-state index is 12.9. The largest absolute Gasteiger partial charge is 0.497 e. The highest BCUT2D eigenvalue weighted by Gasteiger charge is 2.22. The minimum Gasteiger partial charge on any atom is -0.497 e. The zero-order chi connectivity index (χ0) is 18.0. The SMILES string of the molecule is COc1ccc2cc(C(=O)N(C)C(C)c3ccccc3OC)[nH]c2c1. The monoisotopic (exact) mass is 338 g/mol. The Morgan fingerprint density at radius 1 is 1.08 bits per heavy atom. The third-order valence-corrected chi connectivity index (χ3v) is 4.55. The van der Waals surface area contributed by atoms with Gasteiger partial charge in [-0.1, -0.05) is 18.2 Å². The first-order chi connectivity index (χ1) is 12.0. The molecular weight excluding hydrogens is 316 g/mol. The summed E-state index contributed by atoms with van der Waals surface area (Å²) < 4.78 is 10.6. The van der Waals surface area contributed by atoms with Crippen molar-refractivity contribution in [2.75, 3.05) is 21.3 Å². The van der Waals surface area contributed by atoms with E-state index in [0.29, 0.717) is 5.69 Å². The number of ether oxygens (including phenoxy) is 2. The summed E-state index contributed by atoms with van der Waals surface area (Å²) >= 11 is 0. The minimum absolute atomic E-state index is 0.0754. The molecule has 0 spiro atoms. The van der Waals surface area contributed by atoms with E-state index in [1.807, 2.05) is 55.5 Å². The van der Waals surface area contributed by atoms with E-state index in [-0.39, 0.29) is 11.9 Å². The van der Waals surface area contributed by atoms with Crippen LogP contribution in [0.3, 0.4) is 0 Å². The Morgan fingerprint density at radius 3 is 2.56 bits per heavy atom. The first-order valence-electron chi connectivity index (χ1n) is 8.12. The predicted octanol–water partition coefficient (Wildman–Crippen LogP) is 4.02. The van der Waals surface area contributed by atoms with Crippen LogP contribution >= 0.6 is 0 Å². The molecule has 1 atom stereocenters. The molecule has 5 heteroatoms. The van der Waals surface area contributed by atoms with Crippen molar-refractivity contribution < 1.29 is 14.3 Å². The Balaban J connectivity index is 1.89. The molecular formula is C20H22N2O3. The minimum atomic E-state index is -0.121. The van der Waals surface area contributed by atoms with Gasteiger partial charge in [0.1, 0.15) is 17.2 Å². The average Bonchev–Trinajstić information content (AvgIpc) is 3.09. The van der Waals surface area contributed by atoms with Crippen molar-refractivity contribution in [3.05, 3.63) is 59.8 Å². The standard InChI is InChI=1S/C20H22N2O3/c1-13(16-7-5-6-8-19(16)25-4)22(2)20(23)18-11-14-9-10-15(24-3)12-17(14)21-18/h5-13,21H,1-4H3. The molecule has 5 nitrogen and oxygen atoms in total. The average molecular weight is 338 g/mol. The van der Waals surface area contributed by atoms with Crippen molar-refractivity contribution in [1.29, 1.82) is 0 Å². The van der Waals surface area contributed by atoms with Crippen LogP contribution in [0.4, 0.5) is 0 Å². The summed E-state index contributed by atoms with van der Waals surface area (Å²) in [4.78, 5) is 17.8. The summed E-state index contributed by atoms with van der Waals surface area (Å²) in [6, 6.07) is 15.2.